The molecular weight excluding hydrogens is 440 g/mol. The number of hydrogen-bond donors (Lipinski definition) is 2. The standard InChI is InChI=1S/C24H32N4O6/c29-21-7-6-20(22(30)26-21)28-23(31)18-5-4-17(16-19(18)24(28)32)34-14-3-1-2-13-33-15-12-27-10-8-25-9-11-27/h4-5,16,20,25H,1-3,6-15H2,(H,26,29,30). The number of piperidine rings is 1. The fourth-order valence-corrected chi connectivity index (χ4v) is 4.44. The Hall–Kier alpha value is -2.82. The van der Waals surface area contributed by atoms with Gasteiger partial charge in [-0.25, -0.2) is 0 Å². The summed E-state index contributed by atoms with van der Waals surface area (Å²) >= 11 is 0. The zero-order valence-electron chi connectivity index (χ0n) is 19.3. The molecule has 1 aromatic rings. The predicted octanol–water partition coefficient (Wildman–Crippen LogP) is 0.559. The van der Waals surface area contributed by atoms with Crippen LogP contribution in [-0.4, -0.2) is 92.0 Å². The molecule has 0 bridgehead atoms. The maximum absolute atomic E-state index is 12.9. The third-order valence-electron chi connectivity index (χ3n) is 6.37. The second-order valence-electron chi connectivity index (χ2n) is 8.77. The van der Waals surface area contributed by atoms with E-state index in [0.717, 1.165) is 70.1 Å². The summed E-state index contributed by atoms with van der Waals surface area (Å²) < 4.78 is 11.5. The van der Waals surface area contributed by atoms with Gasteiger partial charge in [0.1, 0.15) is 11.8 Å². The van der Waals surface area contributed by atoms with Crippen LogP contribution in [0.25, 0.3) is 0 Å². The van der Waals surface area contributed by atoms with Crippen LogP contribution in [0.4, 0.5) is 0 Å². The van der Waals surface area contributed by atoms with Crippen molar-refractivity contribution in [3.8, 4) is 5.75 Å². The van der Waals surface area contributed by atoms with Gasteiger partial charge in [-0.1, -0.05) is 0 Å². The highest BCUT2D eigenvalue weighted by atomic mass is 16.5. The Balaban J connectivity index is 1.16. The summed E-state index contributed by atoms with van der Waals surface area (Å²) in [5.74, 6) is -1.54. The quantitative estimate of drug-likeness (QED) is 0.354. The summed E-state index contributed by atoms with van der Waals surface area (Å²) in [6.45, 7) is 7.23. The van der Waals surface area contributed by atoms with Gasteiger partial charge in [-0.15, -0.1) is 0 Å². The number of piperazine rings is 1. The van der Waals surface area contributed by atoms with Crippen molar-refractivity contribution in [1.29, 1.82) is 0 Å². The smallest absolute Gasteiger partial charge is 0.262 e. The SMILES string of the molecule is O=C1CCC(N2C(=O)c3ccc(OCCCCCOCCN4CCNCC4)cc3C2=O)C(=O)N1. The van der Waals surface area contributed by atoms with E-state index < -0.39 is 29.7 Å². The molecule has 4 amide bonds. The van der Waals surface area contributed by atoms with Gasteiger partial charge < -0.3 is 14.8 Å². The third kappa shape index (κ3) is 5.81. The molecular formula is C24H32N4O6. The van der Waals surface area contributed by atoms with Crippen LogP contribution in [0.1, 0.15) is 52.8 Å². The molecule has 184 valence electrons. The second kappa shape index (κ2) is 11.5. The lowest BCUT2D eigenvalue weighted by Gasteiger charge is -2.27. The number of nitrogens with zero attached hydrogens (tertiary/aromatic N) is 2. The largest absolute Gasteiger partial charge is 0.494 e. The number of benzene rings is 1. The average Bonchev–Trinajstić information content (AvgIpc) is 3.08. The number of unbranched alkanes of at least 4 members (excludes halogenated alkanes) is 2. The van der Waals surface area contributed by atoms with E-state index >= 15 is 0 Å². The summed E-state index contributed by atoms with van der Waals surface area (Å²) in [5.41, 5.74) is 0.477. The molecule has 1 atom stereocenters. The van der Waals surface area contributed by atoms with Crippen molar-refractivity contribution >= 4 is 23.6 Å². The van der Waals surface area contributed by atoms with Crippen molar-refractivity contribution in [3.05, 3.63) is 29.3 Å². The number of ether oxygens (including phenoxy) is 2. The molecule has 1 unspecified atom stereocenters. The first kappa shape index (κ1) is 24.3. The predicted molar refractivity (Wildman–Crippen MR) is 123 cm³/mol. The van der Waals surface area contributed by atoms with Crippen LogP contribution in [0.3, 0.4) is 0 Å². The molecule has 2 saturated heterocycles. The van der Waals surface area contributed by atoms with E-state index in [-0.39, 0.29) is 24.0 Å². The van der Waals surface area contributed by atoms with E-state index in [4.69, 9.17) is 9.47 Å². The van der Waals surface area contributed by atoms with Gasteiger partial charge >= 0.3 is 0 Å². The second-order valence-corrected chi connectivity index (χ2v) is 8.77. The summed E-state index contributed by atoms with van der Waals surface area (Å²) in [7, 11) is 0. The summed E-state index contributed by atoms with van der Waals surface area (Å²) in [5, 5.41) is 5.53. The van der Waals surface area contributed by atoms with Gasteiger partial charge in [0.25, 0.3) is 11.8 Å². The minimum Gasteiger partial charge on any atom is -0.494 e. The molecule has 0 aromatic heterocycles. The summed E-state index contributed by atoms with van der Waals surface area (Å²) in [6.07, 6.45) is 3.02. The molecule has 3 aliphatic rings. The molecule has 2 N–H and O–H groups in total. The lowest BCUT2D eigenvalue weighted by Crippen LogP contribution is -2.54. The van der Waals surface area contributed by atoms with Crippen molar-refractivity contribution in [2.45, 2.75) is 38.1 Å². The van der Waals surface area contributed by atoms with Crippen molar-refractivity contribution in [2.24, 2.45) is 0 Å². The zero-order chi connectivity index (χ0) is 23.9. The van der Waals surface area contributed by atoms with Crippen LogP contribution >= 0.6 is 0 Å². The van der Waals surface area contributed by atoms with Crippen LogP contribution in [-0.2, 0) is 14.3 Å². The van der Waals surface area contributed by atoms with Gasteiger partial charge in [0, 0.05) is 45.8 Å². The van der Waals surface area contributed by atoms with E-state index in [1.54, 1.807) is 18.2 Å². The average molecular weight is 473 g/mol. The molecule has 10 heteroatoms. The minimum atomic E-state index is -0.964. The first-order chi connectivity index (χ1) is 16.5. The van der Waals surface area contributed by atoms with Gasteiger partial charge in [0.05, 0.1) is 24.3 Å². The number of rotatable bonds is 11. The van der Waals surface area contributed by atoms with Crippen molar-refractivity contribution < 1.29 is 28.7 Å². The third-order valence-corrected chi connectivity index (χ3v) is 6.37. The summed E-state index contributed by atoms with van der Waals surface area (Å²) in [4.78, 5) is 52.5. The fraction of sp³-hybridized carbons (Fsp3) is 0.583. The molecule has 3 heterocycles. The maximum atomic E-state index is 12.9. The van der Waals surface area contributed by atoms with Crippen LogP contribution in [0.15, 0.2) is 18.2 Å². The first-order valence-corrected chi connectivity index (χ1v) is 12.0. The Morgan fingerprint density at radius 1 is 0.912 bits per heavy atom. The van der Waals surface area contributed by atoms with E-state index in [2.05, 4.69) is 15.5 Å². The van der Waals surface area contributed by atoms with Gasteiger partial charge in [-0.3, -0.25) is 34.3 Å². The van der Waals surface area contributed by atoms with Gasteiger partial charge in [0.15, 0.2) is 0 Å². The molecule has 0 radical (unpaired) electrons. The molecule has 3 aliphatic heterocycles. The fourth-order valence-electron chi connectivity index (χ4n) is 4.44. The topological polar surface area (TPSA) is 117 Å². The molecule has 0 saturated carbocycles. The zero-order valence-corrected chi connectivity index (χ0v) is 19.3. The normalized spacial score (nSPS) is 21.1. The number of nitrogens with one attached hydrogen (secondary N) is 2. The van der Waals surface area contributed by atoms with Gasteiger partial charge in [-0.2, -0.15) is 0 Å². The number of fused-ring (bicyclic) bond motifs is 1. The Kier molecular flexibility index (Phi) is 8.25. The molecule has 0 spiro atoms. The van der Waals surface area contributed by atoms with Gasteiger partial charge in [0.2, 0.25) is 11.8 Å². The number of carbonyl (C=O) groups excluding carboxylic acids is 4. The highest BCUT2D eigenvalue weighted by molar-refractivity contribution is 6.23. The Morgan fingerprint density at radius 3 is 2.47 bits per heavy atom. The Bertz CT molecular complexity index is 930. The number of hydrogen-bond acceptors (Lipinski definition) is 8. The summed E-state index contributed by atoms with van der Waals surface area (Å²) in [6, 6.07) is 3.81. The van der Waals surface area contributed by atoms with Crippen LogP contribution in [0, 0.1) is 0 Å². The van der Waals surface area contributed by atoms with Crippen molar-refractivity contribution in [3.63, 3.8) is 0 Å². The monoisotopic (exact) mass is 472 g/mol. The lowest BCUT2D eigenvalue weighted by atomic mass is 10.0. The molecule has 4 rings (SSSR count). The van der Waals surface area contributed by atoms with E-state index in [0.29, 0.717) is 12.4 Å². The molecule has 0 aliphatic carbocycles. The highest BCUT2D eigenvalue weighted by Crippen LogP contribution is 2.30. The molecule has 34 heavy (non-hydrogen) atoms. The molecule has 2 fully saturated rings. The minimum absolute atomic E-state index is 0.0966. The van der Waals surface area contributed by atoms with Crippen molar-refractivity contribution in [1.82, 2.24) is 20.4 Å². The van der Waals surface area contributed by atoms with Crippen molar-refractivity contribution in [2.75, 3.05) is 52.5 Å². The number of carbonyl (C=O) groups is 4. The lowest BCUT2D eigenvalue weighted by molar-refractivity contribution is -0.136. The first-order valence-electron chi connectivity index (χ1n) is 12.0. The van der Waals surface area contributed by atoms with E-state index in [1.807, 2.05) is 0 Å². The Labute approximate surface area is 198 Å². The highest BCUT2D eigenvalue weighted by Gasteiger charge is 2.44. The Morgan fingerprint density at radius 2 is 1.68 bits per heavy atom. The molecule has 1 aromatic carbocycles. The van der Waals surface area contributed by atoms with Gasteiger partial charge in [-0.05, 0) is 43.9 Å². The van der Waals surface area contributed by atoms with E-state index in [9.17, 15) is 19.2 Å². The number of imide groups is 2. The van der Waals surface area contributed by atoms with Crippen LogP contribution in [0.5, 0.6) is 5.75 Å². The number of amides is 4. The molecule has 10 nitrogen and oxygen atoms in total. The maximum Gasteiger partial charge on any atom is 0.262 e. The van der Waals surface area contributed by atoms with Crippen LogP contribution in [0.2, 0.25) is 0 Å². The van der Waals surface area contributed by atoms with E-state index in [1.165, 1.54) is 0 Å². The van der Waals surface area contributed by atoms with Crippen LogP contribution < -0.4 is 15.4 Å².